The van der Waals surface area contributed by atoms with Gasteiger partial charge in [-0.2, -0.15) is 4.31 Å². The quantitative estimate of drug-likeness (QED) is 0.252. The number of fused-ring (bicyclic) bond motifs is 1. The molecule has 2 aliphatic heterocycles. The molecule has 3 aromatic carbocycles. The van der Waals surface area contributed by atoms with E-state index in [1.807, 2.05) is 71.6 Å². The molecule has 0 bridgehead atoms. The Hall–Kier alpha value is -2.70. The van der Waals surface area contributed by atoms with Crippen LogP contribution in [-0.4, -0.2) is 91.4 Å². The highest BCUT2D eigenvalue weighted by molar-refractivity contribution is 7.88. The van der Waals surface area contributed by atoms with Gasteiger partial charge in [-0.1, -0.05) is 97.6 Å². The topological polar surface area (TPSA) is 102 Å². The van der Waals surface area contributed by atoms with Crippen LogP contribution in [0.15, 0.2) is 78.9 Å². The first kappa shape index (κ1) is 42.0. The van der Waals surface area contributed by atoms with Crippen molar-refractivity contribution < 1.29 is 18.0 Å². The van der Waals surface area contributed by atoms with Crippen molar-refractivity contribution in [1.82, 2.24) is 24.7 Å². The van der Waals surface area contributed by atoms with Gasteiger partial charge in [-0.05, 0) is 59.6 Å². The Labute approximate surface area is 326 Å². The number of hydrogen-bond donors (Lipinski definition) is 2. The van der Waals surface area contributed by atoms with Gasteiger partial charge in [-0.25, -0.2) is 8.42 Å². The van der Waals surface area contributed by atoms with E-state index in [2.05, 4.69) is 27.7 Å². The molecule has 52 heavy (non-hydrogen) atoms. The summed E-state index contributed by atoms with van der Waals surface area (Å²) in [6.45, 7) is 3.71. The highest BCUT2D eigenvalue weighted by Gasteiger charge is 2.37. The van der Waals surface area contributed by atoms with Crippen molar-refractivity contribution in [3.8, 4) is 0 Å². The minimum atomic E-state index is -3.45. The minimum Gasteiger partial charge on any atom is -0.343 e. The fourth-order valence-corrected chi connectivity index (χ4v) is 8.79. The molecular weight excluding hydrogens is 741 g/mol. The van der Waals surface area contributed by atoms with E-state index < -0.39 is 22.1 Å². The van der Waals surface area contributed by atoms with E-state index in [-0.39, 0.29) is 42.7 Å². The third-order valence-corrected chi connectivity index (χ3v) is 12.2. The molecule has 2 amide bonds. The Kier molecular flexibility index (Phi) is 15.8. The molecule has 3 aromatic rings. The summed E-state index contributed by atoms with van der Waals surface area (Å²) >= 11 is 6.16. The Balaban J connectivity index is 0.00000302. The highest BCUT2D eigenvalue weighted by Crippen LogP contribution is 2.31. The minimum absolute atomic E-state index is 0. The van der Waals surface area contributed by atoms with Gasteiger partial charge in [0.25, 0.3) is 0 Å². The van der Waals surface area contributed by atoms with Gasteiger partial charge in [-0.3, -0.25) is 14.5 Å². The van der Waals surface area contributed by atoms with Gasteiger partial charge >= 0.3 is 0 Å². The van der Waals surface area contributed by atoms with Crippen LogP contribution in [0.4, 0.5) is 0 Å². The van der Waals surface area contributed by atoms with E-state index in [0.717, 1.165) is 42.4 Å². The summed E-state index contributed by atoms with van der Waals surface area (Å²) < 4.78 is 27.8. The molecule has 3 atom stereocenters. The van der Waals surface area contributed by atoms with Crippen molar-refractivity contribution in [2.45, 2.75) is 76.2 Å². The number of hydrogen-bond acceptors (Lipinski definition) is 6. The number of piperazine rings is 1. The van der Waals surface area contributed by atoms with Crippen molar-refractivity contribution in [3.05, 3.63) is 106 Å². The maximum atomic E-state index is 14.2. The molecule has 0 spiro atoms. The Bertz CT molecular complexity index is 1700. The zero-order valence-corrected chi connectivity index (χ0v) is 33.0. The third kappa shape index (κ3) is 11.2. The predicted octanol–water partition coefficient (Wildman–Crippen LogP) is 5.48. The number of benzene rings is 3. The van der Waals surface area contributed by atoms with Gasteiger partial charge in [0, 0.05) is 63.3 Å². The molecule has 0 aromatic heterocycles. The maximum Gasteiger partial charge on any atom is 0.245 e. The summed E-state index contributed by atoms with van der Waals surface area (Å²) in [5.74, 6) is 0.124. The summed E-state index contributed by atoms with van der Waals surface area (Å²) in [7, 11) is -3.45. The molecule has 2 heterocycles. The van der Waals surface area contributed by atoms with E-state index in [9.17, 15) is 18.0 Å². The van der Waals surface area contributed by atoms with Crippen LogP contribution in [0.5, 0.6) is 0 Å². The third-order valence-electron chi connectivity index (χ3n) is 10.7. The number of halogens is 3. The molecule has 9 nitrogen and oxygen atoms in total. The summed E-state index contributed by atoms with van der Waals surface area (Å²) in [6, 6.07) is 24.2. The lowest BCUT2D eigenvalue weighted by atomic mass is 9.83. The first-order chi connectivity index (χ1) is 24.1. The van der Waals surface area contributed by atoms with Crippen LogP contribution in [-0.2, 0) is 45.5 Å². The normalized spacial score (nSPS) is 19.4. The van der Waals surface area contributed by atoms with E-state index in [0.29, 0.717) is 69.6 Å². The van der Waals surface area contributed by atoms with Crippen LogP contribution >= 0.6 is 36.4 Å². The maximum absolute atomic E-state index is 14.2. The molecule has 3 unspecified atom stereocenters. The molecule has 6 rings (SSSR count). The van der Waals surface area contributed by atoms with Crippen LogP contribution in [0.3, 0.4) is 0 Å². The Morgan fingerprint density at radius 2 is 1.50 bits per heavy atom. The van der Waals surface area contributed by atoms with Crippen LogP contribution in [0, 0.1) is 5.92 Å². The molecule has 2 N–H and O–H groups in total. The SMILES string of the molecule is CS(=O)(=O)N(Cc1ccccc1)CC(C1CCCCC1)N1CCN(C(=O)C(Cc2ccc(Cl)cc2)NC(=O)C2Cc3ccccc3CN2)CC1.Cl.Cl. The summed E-state index contributed by atoms with van der Waals surface area (Å²) in [6.07, 6.45) is 7.94. The van der Waals surface area contributed by atoms with Crippen LogP contribution in [0.2, 0.25) is 5.02 Å². The van der Waals surface area contributed by atoms with Crippen molar-refractivity contribution in [2.24, 2.45) is 5.92 Å². The number of carbonyl (C=O) groups is 2. The number of rotatable bonds is 12. The number of nitrogens with zero attached hydrogens (tertiary/aromatic N) is 3. The van der Waals surface area contributed by atoms with Gasteiger partial charge in [0.1, 0.15) is 6.04 Å². The van der Waals surface area contributed by atoms with Crippen molar-refractivity contribution >= 4 is 58.3 Å². The molecular formula is C39H52Cl3N5O4S. The first-order valence-corrected chi connectivity index (χ1v) is 20.2. The van der Waals surface area contributed by atoms with Crippen molar-refractivity contribution in [2.75, 3.05) is 39.0 Å². The molecule has 13 heteroatoms. The van der Waals surface area contributed by atoms with Crippen molar-refractivity contribution in [3.63, 3.8) is 0 Å². The lowest BCUT2D eigenvalue weighted by Gasteiger charge is -2.45. The van der Waals surface area contributed by atoms with Gasteiger partial charge in [-0.15, -0.1) is 24.8 Å². The predicted molar refractivity (Wildman–Crippen MR) is 213 cm³/mol. The average molecular weight is 793 g/mol. The molecule has 1 saturated heterocycles. The standard InChI is InChI=1S/C39H50ClN5O4S.2ClH/c1-50(48,49)45(27-30-10-4-2-5-11-30)28-37(31-12-6-3-7-13-31)43-20-22-44(23-21-43)39(47)36(24-29-16-18-34(40)19-17-29)42-38(46)35-25-32-14-8-9-15-33(32)26-41-35;;/h2,4-5,8-11,14-19,31,35-37,41H,3,6-7,12-13,20-28H2,1H3,(H,42,46);2*1H. The van der Waals surface area contributed by atoms with E-state index in [4.69, 9.17) is 11.6 Å². The molecule has 1 aliphatic carbocycles. The Morgan fingerprint density at radius 3 is 2.15 bits per heavy atom. The summed E-state index contributed by atoms with van der Waals surface area (Å²) in [4.78, 5) is 32.2. The molecule has 0 radical (unpaired) electrons. The van der Waals surface area contributed by atoms with E-state index in [1.165, 1.54) is 18.2 Å². The van der Waals surface area contributed by atoms with Crippen LogP contribution in [0.25, 0.3) is 0 Å². The second-order valence-electron chi connectivity index (χ2n) is 14.2. The number of nitrogens with one attached hydrogen (secondary N) is 2. The molecule has 284 valence electrons. The molecule has 3 aliphatic rings. The van der Waals surface area contributed by atoms with Crippen LogP contribution < -0.4 is 10.6 Å². The fourth-order valence-electron chi connectivity index (χ4n) is 7.86. The largest absolute Gasteiger partial charge is 0.343 e. The van der Waals surface area contributed by atoms with Gasteiger partial charge in [0.2, 0.25) is 21.8 Å². The average Bonchev–Trinajstić information content (AvgIpc) is 3.14. The lowest BCUT2D eigenvalue weighted by Crippen LogP contribution is -2.60. The number of sulfonamides is 1. The second-order valence-corrected chi connectivity index (χ2v) is 16.6. The second kappa shape index (κ2) is 19.6. The molecule has 2 fully saturated rings. The van der Waals surface area contributed by atoms with Gasteiger partial charge < -0.3 is 15.5 Å². The lowest BCUT2D eigenvalue weighted by molar-refractivity contribution is -0.138. The summed E-state index contributed by atoms with van der Waals surface area (Å²) in [5.41, 5.74) is 4.23. The van der Waals surface area contributed by atoms with Gasteiger partial charge in [0.05, 0.1) is 12.3 Å². The molecule has 1 saturated carbocycles. The first-order valence-electron chi connectivity index (χ1n) is 18.0. The van der Waals surface area contributed by atoms with Crippen LogP contribution in [0.1, 0.15) is 54.4 Å². The smallest absolute Gasteiger partial charge is 0.245 e. The fraction of sp³-hybridized carbons (Fsp3) is 0.487. The Morgan fingerprint density at radius 1 is 0.865 bits per heavy atom. The number of carbonyl (C=O) groups excluding carboxylic acids is 2. The highest BCUT2D eigenvalue weighted by atomic mass is 35.5. The number of amides is 2. The summed E-state index contributed by atoms with van der Waals surface area (Å²) in [5, 5.41) is 7.09. The van der Waals surface area contributed by atoms with Gasteiger partial charge in [0.15, 0.2) is 0 Å². The monoisotopic (exact) mass is 791 g/mol. The van der Waals surface area contributed by atoms with E-state index in [1.54, 1.807) is 4.31 Å². The zero-order chi connectivity index (χ0) is 35.1. The zero-order valence-electron chi connectivity index (χ0n) is 29.8. The van der Waals surface area contributed by atoms with Crippen molar-refractivity contribution in [1.29, 1.82) is 0 Å². The van der Waals surface area contributed by atoms with E-state index >= 15 is 0 Å².